The van der Waals surface area contributed by atoms with Gasteiger partial charge in [0.1, 0.15) is 18.1 Å². The van der Waals surface area contributed by atoms with E-state index < -0.39 is 18.7 Å². The second-order valence-electron chi connectivity index (χ2n) is 5.96. The fourth-order valence-electron chi connectivity index (χ4n) is 2.61. The molecule has 0 bridgehead atoms. The lowest BCUT2D eigenvalue weighted by molar-refractivity contribution is -0.154. The Balaban J connectivity index is 1.59. The Kier molecular flexibility index (Phi) is 5.38. The van der Waals surface area contributed by atoms with Crippen LogP contribution in [0.2, 0.25) is 0 Å². The lowest BCUT2D eigenvalue weighted by Gasteiger charge is -2.25. The molecule has 0 radical (unpaired) electrons. The number of amides is 1. The summed E-state index contributed by atoms with van der Waals surface area (Å²) >= 11 is 0. The fourth-order valence-corrected chi connectivity index (χ4v) is 2.61. The Labute approximate surface area is 153 Å². The van der Waals surface area contributed by atoms with Crippen molar-refractivity contribution in [1.29, 1.82) is 0 Å². The third-order valence-electron chi connectivity index (χ3n) is 3.93. The summed E-state index contributed by atoms with van der Waals surface area (Å²) in [6, 6.07) is 8.10. The number of anilines is 1. The van der Waals surface area contributed by atoms with Crippen LogP contribution in [0, 0.1) is 5.92 Å². The molecule has 2 heterocycles. The average Bonchev–Trinajstić information content (AvgIpc) is 2.66. The zero-order valence-electron chi connectivity index (χ0n) is 14.4. The summed E-state index contributed by atoms with van der Waals surface area (Å²) in [6.45, 7) is -1.20. The monoisotopic (exact) mass is 382 g/mol. The minimum atomic E-state index is -4.44. The van der Waals surface area contributed by atoms with Gasteiger partial charge in [-0.05, 0) is 36.2 Å². The minimum Gasteiger partial charge on any atom is -0.497 e. The number of halogens is 3. The number of aromatic nitrogens is 1. The van der Waals surface area contributed by atoms with Gasteiger partial charge in [0.25, 0.3) is 0 Å². The van der Waals surface area contributed by atoms with Crippen molar-refractivity contribution in [2.24, 2.45) is 5.92 Å². The molecule has 1 atom stereocenters. The molecular weight excluding hydrogens is 365 g/mol. The van der Waals surface area contributed by atoms with Crippen LogP contribution in [-0.2, 0) is 11.2 Å². The predicted octanol–water partition coefficient (Wildman–Crippen LogP) is 3.22. The first-order valence-electron chi connectivity index (χ1n) is 8.10. The van der Waals surface area contributed by atoms with Gasteiger partial charge in [-0.25, -0.2) is 4.98 Å². The highest BCUT2D eigenvalue weighted by Crippen LogP contribution is 2.31. The number of nitrogens with zero attached hydrogens (tertiary/aromatic N) is 1. The van der Waals surface area contributed by atoms with Crippen molar-refractivity contribution in [3.63, 3.8) is 0 Å². The number of nitrogens with one attached hydrogen (secondary N) is 1. The smallest absolute Gasteiger partial charge is 0.422 e. The molecule has 0 saturated heterocycles. The average molecular weight is 382 g/mol. The highest BCUT2D eigenvalue weighted by atomic mass is 19.4. The highest BCUT2D eigenvalue weighted by Gasteiger charge is 2.29. The van der Waals surface area contributed by atoms with Crippen LogP contribution in [0.1, 0.15) is 5.56 Å². The topological polar surface area (TPSA) is 69.7 Å². The molecule has 3 rings (SSSR count). The van der Waals surface area contributed by atoms with Crippen LogP contribution in [0.3, 0.4) is 0 Å². The molecule has 1 aliphatic heterocycles. The van der Waals surface area contributed by atoms with Crippen LogP contribution in [-0.4, -0.2) is 37.4 Å². The number of methoxy groups -OCH3 is 1. The largest absolute Gasteiger partial charge is 0.497 e. The van der Waals surface area contributed by atoms with Gasteiger partial charge in [0.05, 0.1) is 24.9 Å². The lowest BCUT2D eigenvalue weighted by atomic mass is 9.95. The normalized spacial score (nSPS) is 16.1. The quantitative estimate of drug-likeness (QED) is 0.860. The molecule has 1 amide bonds. The molecule has 1 aliphatic rings. The molecule has 0 spiro atoms. The van der Waals surface area contributed by atoms with Gasteiger partial charge >= 0.3 is 6.18 Å². The molecule has 27 heavy (non-hydrogen) atoms. The molecule has 1 N–H and O–H groups in total. The number of pyridine rings is 1. The van der Waals surface area contributed by atoms with Crippen LogP contribution >= 0.6 is 0 Å². The lowest BCUT2D eigenvalue weighted by Crippen LogP contribution is -2.32. The van der Waals surface area contributed by atoms with Crippen LogP contribution < -0.4 is 19.5 Å². The zero-order chi connectivity index (χ0) is 19.4. The highest BCUT2D eigenvalue weighted by molar-refractivity contribution is 5.92. The first kappa shape index (κ1) is 18.8. The SMILES string of the molecule is COc1ccc2c(c1)CC(C(=O)Nc1ccc(OCC(F)(F)F)nc1)CO2. The summed E-state index contributed by atoms with van der Waals surface area (Å²) in [5.74, 6) is 0.539. The molecule has 1 unspecified atom stereocenters. The third kappa shape index (κ3) is 5.02. The standard InChI is InChI=1S/C18H17F3N2O4/c1-25-14-3-4-15-11(7-14)6-12(9-26-15)17(24)23-13-2-5-16(22-8-13)27-10-18(19,20)21/h2-5,7-8,12H,6,9-10H2,1H3,(H,23,24). The molecule has 1 aromatic heterocycles. The fraction of sp³-hybridized carbons (Fsp3) is 0.333. The van der Waals surface area contributed by atoms with Crippen LogP contribution in [0.15, 0.2) is 36.5 Å². The summed E-state index contributed by atoms with van der Waals surface area (Å²) in [6.07, 6.45) is -2.71. The van der Waals surface area contributed by atoms with Crippen molar-refractivity contribution >= 4 is 11.6 Å². The van der Waals surface area contributed by atoms with Gasteiger partial charge in [0.15, 0.2) is 6.61 Å². The van der Waals surface area contributed by atoms with Gasteiger partial charge in [-0.3, -0.25) is 4.79 Å². The van der Waals surface area contributed by atoms with Crippen molar-refractivity contribution in [2.75, 3.05) is 25.6 Å². The summed E-state index contributed by atoms with van der Waals surface area (Å²) < 4.78 is 51.7. The number of fused-ring (bicyclic) bond motifs is 1. The maximum absolute atomic E-state index is 12.4. The number of hydrogen-bond acceptors (Lipinski definition) is 5. The molecule has 144 valence electrons. The molecule has 0 saturated carbocycles. The number of rotatable bonds is 5. The number of ether oxygens (including phenoxy) is 3. The first-order valence-corrected chi connectivity index (χ1v) is 8.10. The predicted molar refractivity (Wildman–Crippen MR) is 90.1 cm³/mol. The molecule has 2 aromatic rings. The number of alkyl halides is 3. The molecule has 0 aliphatic carbocycles. The van der Waals surface area contributed by atoms with Gasteiger partial charge in [0.2, 0.25) is 11.8 Å². The van der Waals surface area contributed by atoms with Gasteiger partial charge in [0, 0.05) is 6.07 Å². The number of carbonyl (C=O) groups excluding carboxylic acids is 1. The van der Waals surface area contributed by atoms with Gasteiger partial charge in [-0.15, -0.1) is 0 Å². The van der Waals surface area contributed by atoms with Crippen LogP contribution in [0.5, 0.6) is 17.4 Å². The summed E-state index contributed by atoms with van der Waals surface area (Å²) in [5, 5.41) is 2.68. The Hall–Kier alpha value is -2.97. The number of benzene rings is 1. The second kappa shape index (κ2) is 7.73. The number of hydrogen-bond donors (Lipinski definition) is 1. The zero-order valence-corrected chi connectivity index (χ0v) is 14.4. The Bertz CT molecular complexity index is 809. The molecule has 0 fully saturated rings. The van der Waals surface area contributed by atoms with E-state index in [9.17, 15) is 18.0 Å². The van der Waals surface area contributed by atoms with Crippen molar-refractivity contribution in [3.8, 4) is 17.4 Å². The van der Waals surface area contributed by atoms with E-state index in [0.717, 1.165) is 5.56 Å². The van der Waals surface area contributed by atoms with E-state index in [1.807, 2.05) is 6.07 Å². The van der Waals surface area contributed by atoms with Crippen molar-refractivity contribution in [2.45, 2.75) is 12.6 Å². The Morgan fingerprint density at radius 3 is 2.81 bits per heavy atom. The van der Waals surface area contributed by atoms with E-state index in [-0.39, 0.29) is 18.4 Å². The van der Waals surface area contributed by atoms with Gasteiger partial charge < -0.3 is 19.5 Å². The molecule has 9 heteroatoms. The first-order chi connectivity index (χ1) is 12.8. The Morgan fingerprint density at radius 2 is 2.15 bits per heavy atom. The summed E-state index contributed by atoms with van der Waals surface area (Å²) in [5.41, 5.74) is 1.23. The minimum absolute atomic E-state index is 0.174. The van der Waals surface area contributed by atoms with Gasteiger partial charge in [-0.1, -0.05) is 0 Å². The molecule has 6 nitrogen and oxygen atoms in total. The van der Waals surface area contributed by atoms with Crippen molar-refractivity contribution in [1.82, 2.24) is 4.98 Å². The second-order valence-corrected chi connectivity index (χ2v) is 5.96. The number of carbonyl (C=O) groups is 1. The van der Waals surface area contributed by atoms with E-state index >= 15 is 0 Å². The molecular formula is C18H17F3N2O4. The van der Waals surface area contributed by atoms with Gasteiger partial charge in [-0.2, -0.15) is 13.2 Å². The van der Waals surface area contributed by atoms with E-state index in [1.165, 1.54) is 18.3 Å². The van der Waals surface area contributed by atoms with Crippen LogP contribution in [0.4, 0.5) is 18.9 Å². The molecule has 1 aromatic carbocycles. The maximum Gasteiger partial charge on any atom is 0.422 e. The summed E-state index contributed by atoms with van der Waals surface area (Å²) in [7, 11) is 1.56. The summed E-state index contributed by atoms with van der Waals surface area (Å²) in [4.78, 5) is 16.2. The van der Waals surface area contributed by atoms with E-state index in [4.69, 9.17) is 9.47 Å². The van der Waals surface area contributed by atoms with E-state index in [1.54, 1.807) is 19.2 Å². The van der Waals surface area contributed by atoms with Crippen LogP contribution in [0.25, 0.3) is 0 Å². The van der Waals surface area contributed by atoms with Crippen molar-refractivity contribution < 1.29 is 32.2 Å². The Morgan fingerprint density at radius 1 is 1.33 bits per heavy atom. The van der Waals surface area contributed by atoms with E-state index in [2.05, 4.69) is 15.0 Å². The maximum atomic E-state index is 12.4. The van der Waals surface area contributed by atoms with E-state index in [0.29, 0.717) is 23.6 Å². The third-order valence-corrected chi connectivity index (χ3v) is 3.93. The van der Waals surface area contributed by atoms with Crippen molar-refractivity contribution in [3.05, 3.63) is 42.1 Å².